The van der Waals surface area contributed by atoms with E-state index in [9.17, 15) is 0 Å². The van der Waals surface area contributed by atoms with Crippen molar-refractivity contribution in [1.29, 1.82) is 0 Å². The number of hydrazine groups is 1. The molecule has 1 aromatic heterocycles. The lowest BCUT2D eigenvalue weighted by Gasteiger charge is -2.37. The number of nitrogens with one attached hydrogen (secondary N) is 1. The van der Waals surface area contributed by atoms with E-state index in [0.717, 1.165) is 25.0 Å². The Morgan fingerprint density at radius 1 is 1.53 bits per heavy atom. The van der Waals surface area contributed by atoms with Crippen molar-refractivity contribution in [3.05, 3.63) is 30.1 Å². The molecule has 0 spiro atoms. The Balaban J connectivity index is 2.26. The van der Waals surface area contributed by atoms with Crippen LogP contribution >= 0.6 is 0 Å². The number of rotatable bonds is 5. The van der Waals surface area contributed by atoms with Gasteiger partial charge in [-0.15, -0.1) is 0 Å². The number of pyridine rings is 1. The predicted octanol–water partition coefficient (Wildman–Crippen LogP) is 1.94. The van der Waals surface area contributed by atoms with E-state index in [0.29, 0.717) is 0 Å². The van der Waals surface area contributed by atoms with Crippen LogP contribution in [0.15, 0.2) is 24.5 Å². The number of ether oxygens (including phenoxy) is 1. The maximum Gasteiger partial charge on any atom is 0.0889 e. The van der Waals surface area contributed by atoms with Crippen LogP contribution in [0, 0.1) is 0 Å². The Morgan fingerprint density at radius 3 is 2.82 bits per heavy atom. The second-order valence-corrected chi connectivity index (χ2v) is 4.59. The molecule has 2 rings (SSSR count). The van der Waals surface area contributed by atoms with Gasteiger partial charge >= 0.3 is 0 Å². The lowest BCUT2D eigenvalue weighted by molar-refractivity contribution is -0.0627. The average Bonchev–Trinajstić information content (AvgIpc) is 2.81. The highest BCUT2D eigenvalue weighted by Crippen LogP contribution is 2.42. The third kappa shape index (κ3) is 2.49. The van der Waals surface area contributed by atoms with Crippen molar-refractivity contribution in [2.75, 3.05) is 6.61 Å². The lowest BCUT2D eigenvalue weighted by Crippen LogP contribution is -2.47. The molecule has 0 aliphatic heterocycles. The molecule has 3 N–H and O–H groups in total. The lowest BCUT2D eigenvalue weighted by atomic mass is 9.88. The summed E-state index contributed by atoms with van der Waals surface area (Å²) >= 11 is 0. The smallest absolute Gasteiger partial charge is 0.0889 e. The van der Waals surface area contributed by atoms with Crippen molar-refractivity contribution in [2.45, 2.75) is 44.2 Å². The summed E-state index contributed by atoms with van der Waals surface area (Å²) in [5.41, 5.74) is 3.86. The minimum absolute atomic E-state index is 0.0265. The fourth-order valence-electron chi connectivity index (χ4n) is 2.88. The summed E-state index contributed by atoms with van der Waals surface area (Å²) in [6.45, 7) is 2.76. The second kappa shape index (κ2) is 5.58. The molecule has 1 atom stereocenters. The van der Waals surface area contributed by atoms with Gasteiger partial charge in [0.25, 0.3) is 0 Å². The summed E-state index contributed by atoms with van der Waals surface area (Å²) in [6.07, 6.45) is 8.18. The van der Waals surface area contributed by atoms with E-state index in [4.69, 9.17) is 10.6 Å². The minimum Gasteiger partial charge on any atom is -0.373 e. The van der Waals surface area contributed by atoms with Gasteiger partial charge in [0.05, 0.1) is 11.6 Å². The molecule has 1 aliphatic rings. The highest BCUT2D eigenvalue weighted by atomic mass is 16.5. The first kappa shape index (κ1) is 12.5. The summed E-state index contributed by atoms with van der Waals surface area (Å²) < 4.78 is 6.03. The van der Waals surface area contributed by atoms with Gasteiger partial charge in [0.1, 0.15) is 0 Å². The zero-order chi connectivity index (χ0) is 12.1. The van der Waals surface area contributed by atoms with Gasteiger partial charge in [-0.3, -0.25) is 16.3 Å². The molecule has 94 valence electrons. The molecule has 1 fully saturated rings. The van der Waals surface area contributed by atoms with Gasteiger partial charge in [-0.2, -0.15) is 0 Å². The quantitative estimate of drug-likeness (QED) is 0.605. The highest BCUT2D eigenvalue weighted by Gasteiger charge is 2.42. The molecular weight excluding hydrogens is 214 g/mol. The van der Waals surface area contributed by atoms with E-state index in [1.54, 1.807) is 6.20 Å². The van der Waals surface area contributed by atoms with E-state index in [2.05, 4.69) is 16.5 Å². The highest BCUT2D eigenvalue weighted by molar-refractivity contribution is 5.19. The fourth-order valence-corrected chi connectivity index (χ4v) is 2.88. The summed E-state index contributed by atoms with van der Waals surface area (Å²) in [4.78, 5) is 4.17. The molecule has 1 saturated carbocycles. The standard InChI is InChI=1S/C13H21N3O/c1-2-17-13(7-3-4-8-13)12(16-14)11-6-5-9-15-10-11/h5-6,9-10,12,16H,2-4,7-8,14H2,1H3. The average molecular weight is 235 g/mol. The van der Waals surface area contributed by atoms with Crippen LogP contribution in [-0.2, 0) is 4.74 Å². The SMILES string of the molecule is CCOC1(C(NN)c2cccnc2)CCCC1. The van der Waals surface area contributed by atoms with Gasteiger partial charge in [0.2, 0.25) is 0 Å². The van der Waals surface area contributed by atoms with Crippen LogP contribution in [0.25, 0.3) is 0 Å². The maximum absolute atomic E-state index is 6.03. The van der Waals surface area contributed by atoms with Crippen LogP contribution < -0.4 is 11.3 Å². The van der Waals surface area contributed by atoms with Crippen molar-refractivity contribution in [3.8, 4) is 0 Å². The number of nitrogens with zero attached hydrogens (tertiary/aromatic N) is 1. The summed E-state index contributed by atoms with van der Waals surface area (Å²) in [7, 11) is 0. The topological polar surface area (TPSA) is 60.2 Å². The molecule has 0 aromatic carbocycles. The van der Waals surface area contributed by atoms with E-state index in [1.807, 2.05) is 19.2 Å². The summed E-state index contributed by atoms with van der Waals surface area (Å²) in [5.74, 6) is 5.74. The van der Waals surface area contributed by atoms with Gasteiger partial charge in [-0.05, 0) is 31.4 Å². The van der Waals surface area contributed by atoms with Crippen LogP contribution in [0.1, 0.15) is 44.2 Å². The van der Waals surface area contributed by atoms with Gasteiger partial charge in [0.15, 0.2) is 0 Å². The molecule has 1 unspecified atom stereocenters. The monoisotopic (exact) mass is 235 g/mol. The third-order valence-electron chi connectivity index (χ3n) is 3.59. The fraction of sp³-hybridized carbons (Fsp3) is 0.615. The number of hydrogen-bond donors (Lipinski definition) is 2. The minimum atomic E-state index is -0.160. The normalized spacial score (nSPS) is 20.4. The zero-order valence-electron chi connectivity index (χ0n) is 10.4. The van der Waals surface area contributed by atoms with Crippen LogP contribution in [-0.4, -0.2) is 17.2 Å². The van der Waals surface area contributed by atoms with Crippen molar-refractivity contribution in [1.82, 2.24) is 10.4 Å². The van der Waals surface area contributed by atoms with Crippen LogP contribution in [0.2, 0.25) is 0 Å². The summed E-state index contributed by atoms with van der Waals surface area (Å²) in [6, 6.07) is 4.02. The van der Waals surface area contributed by atoms with Gasteiger partial charge < -0.3 is 4.74 Å². The van der Waals surface area contributed by atoms with Crippen LogP contribution in [0.5, 0.6) is 0 Å². The molecule has 1 aromatic rings. The Bertz CT molecular complexity index is 336. The van der Waals surface area contributed by atoms with Crippen LogP contribution in [0.4, 0.5) is 0 Å². The predicted molar refractivity (Wildman–Crippen MR) is 67.1 cm³/mol. The van der Waals surface area contributed by atoms with E-state index in [1.165, 1.54) is 12.8 Å². The maximum atomic E-state index is 6.03. The molecular formula is C13H21N3O. The molecule has 1 heterocycles. The van der Waals surface area contributed by atoms with Gasteiger partial charge in [-0.25, -0.2) is 0 Å². The first-order chi connectivity index (χ1) is 8.32. The second-order valence-electron chi connectivity index (χ2n) is 4.59. The van der Waals surface area contributed by atoms with Crippen molar-refractivity contribution >= 4 is 0 Å². The molecule has 0 amide bonds. The van der Waals surface area contributed by atoms with Gasteiger partial charge in [0, 0.05) is 19.0 Å². The Kier molecular flexibility index (Phi) is 4.10. The van der Waals surface area contributed by atoms with E-state index < -0.39 is 0 Å². The number of hydrogen-bond acceptors (Lipinski definition) is 4. The van der Waals surface area contributed by atoms with Crippen molar-refractivity contribution < 1.29 is 4.74 Å². The molecule has 4 heteroatoms. The molecule has 0 saturated heterocycles. The Morgan fingerprint density at radius 2 is 2.29 bits per heavy atom. The summed E-state index contributed by atoms with van der Waals surface area (Å²) in [5, 5.41) is 0. The van der Waals surface area contributed by atoms with Crippen molar-refractivity contribution in [3.63, 3.8) is 0 Å². The first-order valence-corrected chi connectivity index (χ1v) is 6.32. The molecule has 0 radical (unpaired) electrons. The number of nitrogens with two attached hydrogens (primary N) is 1. The van der Waals surface area contributed by atoms with E-state index >= 15 is 0 Å². The zero-order valence-corrected chi connectivity index (χ0v) is 10.4. The third-order valence-corrected chi connectivity index (χ3v) is 3.59. The molecule has 0 bridgehead atoms. The largest absolute Gasteiger partial charge is 0.373 e. The van der Waals surface area contributed by atoms with Gasteiger partial charge in [-0.1, -0.05) is 18.9 Å². The van der Waals surface area contributed by atoms with E-state index in [-0.39, 0.29) is 11.6 Å². The molecule has 17 heavy (non-hydrogen) atoms. The molecule has 1 aliphatic carbocycles. The Labute approximate surface area is 103 Å². The first-order valence-electron chi connectivity index (χ1n) is 6.32. The molecule has 4 nitrogen and oxygen atoms in total. The number of aromatic nitrogens is 1. The Hall–Kier alpha value is -0.970. The van der Waals surface area contributed by atoms with Crippen molar-refractivity contribution in [2.24, 2.45) is 5.84 Å². The van der Waals surface area contributed by atoms with Crippen LogP contribution in [0.3, 0.4) is 0 Å².